The largest absolute Gasteiger partial charge is 0.494 e. The maximum atomic E-state index is 16.0. The van der Waals surface area contributed by atoms with Gasteiger partial charge < -0.3 is 49.9 Å². The second kappa shape index (κ2) is 25.4. The fourth-order valence-electron chi connectivity index (χ4n) is 12.9. The van der Waals surface area contributed by atoms with Gasteiger partial charge >= 0.3 is 0 Å². The Morgan fingerprint density at radius 3 is 1.87 bits per heavy atom. The number of aliphatic hydroxyl groups is 3. The van der Waals surface area contributed by atoms with Gasteiger partial charge in [0.05, 0.1) is 73.2 Å². The van der Waals surface area contributed by atoms with E-state index in [1.807, 2.05) is 149 Å². The van der Waals surface area contributed by atoms with E-state index in [1.54, 1.807) is 19.4 Å². The number of carbonyl (C=O) groups is 3. The number of amides is 3. The zero-order valence-electron chi connectivity index (χ0n) is 47.7. The van der Waals surface area contributed by atoms with Gasteiger partial charge in [-0.25, -0.2) is 0 Å². The Morgan fingerprint density at radius 1 is 0.732 bits per heavy atom. The van der Waals surface area contributed by atoms with Gasteiger partial charge in [0.15, 0.2) is 13.9 Å². The standard InChI is InChI=1S/C63H78N8O10Si/c1-6-79-48-22-25-55-44(33-48)35-52(64-28-11-13-31-72)60(75)70(55)46-19-17-42(18-20-46)38-69-57-24-21-47(71-56-26-23-49(80-7-2)34-45(56)36-53(61(71)76)65-29-12-14-32-73)37-51(57)63(62(69)77)41(3)59(82(4,5)78)58(81-63)27-30-68-39-54(66-67-68)50(40-74)43-15-9-8-10-16-43/h8-10,15-26,33-34,37,39,41,50,52-53,58-59,64-65,72-74,78H,6-7,11-14,27-32,35-36,38,40H2,1-5H3/t41-,50?,52?,53?,58+,59-,63+/m0/s1. The van der Waals surface area contributed by atoms with Gasteiger partial charge in [-0.1, -0.05) is 54.6 Å². The van der Waals surface area contributed by atoms with Crippen LogP contribution in [-0.2, 0) is 50.7 Å². The molecule has 4 aliphatic heterocycles. The van der Waals surface area contributed by atoms with Gasteiger partial charge in [0.2, 0.25) is 11.8 Å². The summed E-state index contributed by atoms with van der Waals surface area (Å²) in [4.78, 5) is 63.0. The van der Waals surface area contributed by atoms with Gasteiger partial charge in [0, 0.05) is 54.4 Å². The van der Waals surface area contributed by atoms with Crippen LogP contribution >= 0.6 is 0 Å². The first-order chi connectivity index (χ1) is 39.7. The second-order valence-corrected chi connectivity index (χ2v) is 26.5. The summed E-state index contributed by atoms with van der Waals surface area (Å²) in [5, 5.41) is 45.3. The summed E-state index contributed by atoms with van der Waals surface area (Å²) < 4.78 is 20.9. The maximum Gasteiger partial charge on any atom is 0.264 e. The SMILES string of the molecule is CCOc1ccc2c(c1)CC(NCCCCO)C(=O)N2c1ccc(CN2C(=O)[C@]3(O[C@H](CCn4cc(C(CO)c5ccccc5)nn4)[C@@H]([Si](C)(C)O)[C@@H]3C)c3cc(N4C(=O)C(NCCCCO)Cc5cc(OCC)ccc54)ccc32)cc1. The van der Waals surface area contributed by atoms with E-state index in [4.69, 9.17) is 14.2 Å². The monoisotopic (exact) mass is 1130 g/mol. The van der Waals surface area contributed by atoms with E-state index in [1.165, 1.54) is 0 Å². The molecule has 0 aliphatic carbocycles. The zero-order chi connectivity index (χ0) is 57.7. The Balaban J connectivity index is 1.01. The van der Waals surface area contributed by atoms with Crippen molar-refractivity contribution in [1.29, 1.82) is 0 Å². The molecule has 1 spiro atoms. The highest BCUT2D eigenvalue weighted by atomic mass is 28.4. The molecule has 3 amide bonds. The normalized spacial score (nSPS) is 21.7. The van der Waals surface area contributed by atoms with Crippen molar-refractivity contribution < 1.29 is 48.7 Å². The average Bonchev–Trinajstić information content (AvgIpc) is 2.25. The number of rotatable bonds is 25. The van der Waals surface area contributed by atoms with Crippen molar-refractivity contribution in [2.45, 2.75) is 127 Å². The average molecular weight is 1140 g/mol. The molecule has 18 nitrogen and oxygen atoms in total. The smallest absolute Gasteiger partial charge is 0.264 e. The minimum absolute atomic E-state index is 0.0569. The Morgan fingerprint density at radius 2 is 1.30 bits per heavy atom. The fraction of sp³-hybridized carbons (Fsp3) is 0.444. The van der Waals surface area contributed by atoms with Crippen LogP contribution in [0.15, 0.2) is 115 Å². The number of unbranched alkanes of at least 4 members (excludes halogenated alkanes) is 2. The van der Waals surface area contributed by atoms with Crippen molar-refractivity contribution in [2.75, 3.05) is 60.8 Å². The zero-order valence-corrected chi connectivity index (χ0v) is 48.7. The summed E-state index contributed by atoms with van der Waals surface area (Å²) in [6, 6.07) is 33.6. The lowest BCUT2D eigenvalue weighted by molar-refractivity contribution is -0.146. The molecule has 6 N–H and O–H groups in total. The molecule has 5 aromatic carbocycles. The lowest BCUT2D eigenvalue weighted by atomic mass is 9.82. The number of ether oxygens (including phenoxy) is 3. The van der Waals surface area contributed by atoms with Gasteiger partial charge in [0.25, 0.3) is 5.91 Å². The summed E-state index contributed by atoms with van der Waals surface area (Å²) in [5.74, 6) is -0.0190. The molecule has 0 bridgehead atoms. The van der Waals surface area contributed by atoms with Gasteiger partial charge in [-0.3, -0.25) is 28.9 Å². The number of nitrogens with zero attached hydrogens (tertiary/aromatic N) is 6. The molecule has 1 fully saturated rings. The third kappa shape index (κ3) is 11.6. The van der Waals surface area contributed by atoms with Crippen LogP contribution in [0.25, 0.3) is 0 Å². The molecule has 5 heterocycles. The molecule has 19 heteroatoms. The highest BCUT2D eigenvalue weighted by Gasteiger charge is 2.66. The second-order valence-electron chi connectivity index (χ2n) is 22.5. The lowest BCUT2D eigenvalue weighted by Gasteiger charge is -2.36. The van der Waals surface area contributed by atoms with Crippen molar-refractivity contribution in [3.63, 3.8) is 0 Å². The van der Waals surface area contributed by atoms with E-state index in [9.17, 15) is 29.7 Å². The maximum absolute atomic E-state index is 16.0. The van der Waals surface area contributed by atoms with Crippen molar-refractivity contribution >= 4 is 54.5 Å². The van der Waals surface area contributed by atoms with Crippen LogP contribution in [0.3, 0.4) is 0 Å². The van der Waals surface area contributed by atoms with Gasteiger partial charge in [-0.05, 0) is 174 Å². The highest BCUT2D eigenvalue weighted by Crippen LogP contribution is 2.60. The van der Waals surface area contributed by atoms with Gasteiger partial charge in [-0.15, -0.1) is 5.10 Å². The summed E-state index contributed by atoms with van der Waals surface area (Å²) in [5.41, 5.74) is 6.12. The van der Waals surface area contributed by atoms with E-state index in [0.29, 0.717) is 111 Å². The minimum Gasteiger partial charge on any atom is -0.494 e. The van der Waals surface area contributed by atoms with Crippen molar-refractivity contribution in [3.8, 4) is 11.5 Å². The van der Waals surface area contributed by atoms with E-state index >= 15 is 4.79 Å². The number of aliphatic hydroxyl groups excluding tert-OH is 3. The number of hydrogen-bond donors (Lipinski definition) is 6. The number of aryl methyl sites for hydroxylation is 1. The first-order valence-electron chi connectivity index (χ1n) is 29.1. The van der Waals surface area contributed by atoms with E-state index in [2.05, 4.69) is 20.9 Å². The molecule has 434 valence electrons. The third-order valence-electron chi connectivity index (χ3n) is 16.7. The predicted molar refractivity (Wildman–Crippen MR) is 316 cm³/mol. The van der Waals surface area contributed by atoms with Gasteiger partial charge in [0.1, 0.15) is 11.5 Å². The van der Waals surface area contributed by atoms with Crippen LogP contribution in [0.2, 0.25) is 18.6 Å². The molecule has 10 rings (SSSR count). The Bertz CT molecular complexity index is 3210. The molecule has 6 aromatic rings. The van der Waals surface area contributed by atoms with Crippen LogP contribution in [-0.4, -0.2) is 125 Å². The summed E-state index contributed by atoms with van der Waals surface area (Å²) in [7, 11) is -3.14. The third-order valence-corrected chi connectivity index (χ3v) is 19.2. The number of carbonyl (C=O) groups excluding carboxylic acids is 3. The van der Waals surface area contributed by atoms with Crippen LogP contribution in [0.1, 0.15) is 92.3 Å². The van der Waals surface area contributed by atoms with E-state index in [-0.39, 0.29) is 50.0 Å². The first-order valence-corrected chi connectivity index (χ1v) is 32.1. The fourth-order valence-corrected chi connectivity index (χ4v) is 15.5. The van der Waals surface area contributed by atoms with Crippen LogP contribution in [0.5, 0.6) is 11.5 Å². The number of anilines is 5. The Hall–Kier alpha value is -6.81. The highest BCUT2D eigenvalue weighted by molar-refractivity contribution is 6.71. The van der Waals surface area contributed by atoms with Crippen molar-refractivity contribution in [1.82, 2.24) is 25.6 Å². The number of nitrogens with one attached hydrogen (secondary N) is 2. The molecule has 1 saturated heterocycles. The number of benzene rings is 5. The molecular weight excluding hydrogens is 1060 g/mol. The number of fused-ring (bicyclic) bond motifs is 4. The Labute approximate surface area is 481 Å². The van der Waals surface area contributed by atoms with Gasteiger partial charge in [-0.2, -0.15) is 0 Å². The minimum atomic E-state index is -3.14. The molecule has 1 aromatic heterocycles. The summed E-state index contributed by atoms with van der Waals surface area (Å²) >= 11 is 0. The van der Waals surface area contributed by atoms with Crippen molar-refractivity contribution in [2.24, 2.45) is 5.92 Å². The summed E-state index contributed by atoms with van der Waals surface area (Å²) in [6.45, 7) is 12.3. The quantitative estimate of drug-likeness (QED) is 0.0241. The lowest BCUT2D eigenvalue weighted by Crippen LogP contribution is -2.49. The molecule has 3 unspecified atom stereocenters. The number of hydrogen-bond acceptors (Lipinski definition) is 14. The van der Waals surface area contributed by atoms with E-state index in [0.717, 1.165) is 40.1 Å². The van der Waals surface area contributed by atoms with Crippen LogP contribution < -0.4 is 34.8 Å². The molecule has 0 radical (unpaired) electrons. The van der Waals surface area contributed by atoms with Crippen molar-refractivity contribution in [3.05, 3.63) is 149 Å². The Kier molecular flexibility index (Phi) is 18.1. The number of aromatic nitrogens is 3. The van der Waals surface area contributed by atoms with Crippen LogP contribution in [0, 0.1) is 5.92 Å². The molecule has 0 saturated carbocycles. The predicted octanol–water partition coefficient (Wildman–Crippen LogP) is 7.54. The molecule has 7 atom stereocenters. The molecule has 4 aliphatic rings. The molecular formula is C63H78N8O10Si. The van der Waals surface area contributed by atoms with Crippen LogP contribution in [0.4, 0.5) is 28.4 Å². The first kappa shape index (κ1) is 58.4. The summed E-state index contributed by atoms with van der Waals surface area (Å²) in [6.07, 6.45) is 5.20. The molecule has 82 heavy (non-hydrogen) atoms. The van der Waals surface area contributed by atoms with E-state index < -0.39 is 43.6 Å². The topological polar surface area (TPSA) is 224 Å².